The van der Waals surface area contributed by atoms with E-state index in [4.69, 9.17) is 9.72 Å². The Morgan fingerprint density at radius 2 is 1.65 bits per heavy atom. The standard InChI is InChI=1S/C26H28F3N7O/c1-37-17-10-8-16(9-11-17)30-23-15-21(35-12-4-5-13-35)33-22-14-20(34-36(22)23)24-25(26(27,28)29)32-19-7-3-2-6-18(19)31-24/h2-3,6-7,14-17,30H,4-5,8-13H2,1H3/t16-,17-. The van der Waals surface area contributed by atoms with E-state index >= 15 is 0 Å². The van der Waals surface area contributed by atoms with Gasteiger partial charge >= 0.3 is 6.18 Å². The molecule has 6 rings (SSSR count). The molecule has 0 amide bonds. The van der Waals surface area contributed by atoms with Crippen molar-refractivity contribution in [3.05, 3.63) is 42.1 Å². The van der Waals surface area contributed by atoms with Crippen LogP contribution in [0.3, 0.4) is 0 Å². The van der Waals surface area contributed by atoms with E-state index in [-0.39, 0.29) is 29.1 Å². The number of anilines is 2. The van der Waals surface area contributed by atoms with Crippen LogP contribution in [0.5, 0.6) is 0 Å². The summed E-state index contributed by atoms with van der Waals surface area (Å²) in [4.78, 5) is 15.2. The van der Waals surface area contributed by atoms with Crippen LogP contribution >= 0.6 is 0 Å². The maximum atomic E-state index is 14.1. The molecule has 0 bridgehead atoms. The van der Waals surface area contributed by atoms with Gasteiger partial charge in [0.05, 0.1) is 17.1 Å². The summed E-state index contributed by atoms with van der Waals surface area (Å²) in [7, 11) is 1.74. The van der Waals surface area contributed by atoms with Gasteiger partial charge in [0.15, 0.2) is 11.3 Å². The van der Waals surface area contributed by atoms with Gasteiger partial charge in [0.1, 0.15) is 23.0 Å². The first kappa shape index (κ1) is 23.9. The van der Waals surface area contributed by atoms with E-state index in [9.17, 15) is 13.2 Å². The number of methoxy groups -OCH3 is 1. The molecule has 1 aliphatic carbocycles. The van der Waals surface area contributed by atoms with E-state index in [0.717, 1.165) is 57.4 Å². The maximum absolute atomic E-state index is 14.1. The Morgan fingerprint density at radius 3 is 2.32 bits per heavy atom. The molecule has 4 aromatic rings. The van der Waals surface area contributed by atoms with Crippen molar-refractivity contribution in [3.8, 4) is 11.4 Å². The second-order valence-electron chi connectivity index (χ2n) is 9.75. The van der Waals surface area contributed by atoms with Crippen LogP contribution in [0.4, 0.5) is 24.8 Å². The Kier molecular flexibility index (Phi) is 6.10. The van der Waals surface area contributed by atoms with Crippen LogP contribution in [0.2, 0.25) is 0 Å². The predicted octanol–water partition coefficient (Wildman–Crippen LogP) is 5.33. The molecule has 0 spiro atoms. The summed E-state index contributed by atoms with van der Waals surface area (Å²) >= 11 is 0. The average molecular weight is 512 g/mol. The van der Waals surface area contributed by atoms with Crippen molar-refractivity contribution in [2.24, 2.45) is 0 Å². The zero-order valence-electron chi connectivity index (χ0n) is 20.5. The molecule has 37 heavy (non-hydrogen) atoms. The topological polar surface area (TPSA) is 80.5 Å². The predicted molar refractivity (Wildman–Crippen MR) is 135 cm³/mol. The first-order valence-electron chi connectivity index (χ1n) is 12.7. The smallest absolute Gasteiger partial charge is 0.381 e. The van der Waals surface area contributed by atoms with Crippen LogP contribution in [0.15, 0.2) is 36.4 Å². The van der Waals surface area contributed by atoms with Gasteiger partial charge in [-0.3, -0.25) is 0 Å². The van der Waals surface area contributed by atoms with Crippen LogP contribution in [0, 0.1) is 0 Å². The minimum absolute atomic E-state index is 0.0859. The van der Waals surface area contributed by atoms with Crippen LogP contribution in [-0.2, 0) is 10.9 Å². The molecule has 1 saturated heterocycles. The molecule has 2 fully saturated rings. The Bertz CT molecular complexity index is 1420. The summed E-state index contributed by atoms with van der Waals surface area (Å²) in [6, 6.07) is 10.3. The van der Waals surface area contributed by atoms with E-state index < -0.39 is 11.9 Å². The van der Waals surface area contributed by atoms with Gasteiger partial charge in [-0.05, 0) is 50.7 Å². The van der Waals surface area contributed by atoms with Gasteiger partial charge in [-0.15, -0.1) is 0 Å². The number of nitrogens with zero attached hydrogens (tertiary/aromatic N) is 6. The average Bonchev–Trinajstić information content (AvgIpc) is 3.58. The number of hydrogen-bond donors (Lipinski definition) is 1. The molecular formula is C26H28F3N7O. The largest absolute Gasteiger partial charge is 0.435 e. The molecule has 194 valence electrons. The molecule has 8 nitrogen and oxygen atoms in total. The Balaban J connectivity index is 1.46. The molecule has 1 N–H and O–H groups in total. The molecule has 2 aliphatic rings. The number of hydrogen-bond acceptors (Lipinski definition) is 7. The second kappa shape index (κ2) is 9.44. The molecule has 0 unspecified atom stereocenters. The van der Waals surface area contributed by atoms with Crippen LogP contribution < -0.4 is 10.2 Å². The molecule has 1 saturated carbocycles. The fraction of sp³-hybridized carbons (Fsp3) is 0.462. The quantitative estimate of drug-likeness (QED) is 0.388. The number of aromatic nitrogens is 5. The van der Waals surface area contributed by atoms with Crippen molar-refractivity contribution in [2.75, 3.05) is 30.4 Å². The Hall–Kier alpha value is -3.47. The van der Waals surface area contributed by atoms with E-state index in [1.54, 1.807) is 35.9 Å². The van der Waals surface area contributed by atoms with E-state index in [1.165, 1.54) is 6.07 Å². The van der Waals surface area contributed by atoms with Gasteiger partial charge in [0, 0.05) is 38.4 Å². The zero-order chi connectivity index (χ0) is 25.6. The highest BCUT2D eigenvalue weighted by Crippen LogP contribution is 2.36. The van der Waals surface area contributed by atoms with Crippen molar-refractivity contribution < 1.29 is 17.9 Å². The molecule has 1 aliphatic heterocycles. The van der Waals surface area contributed by atoms with Gasteiger partial charge in [0.25, 0.3) is 0 Å². The van der Waals surface area contributed by atoms with Crippen LogP contribution in [0.1, 0.15) is 44.2 Å². The second-order valence-corrected chi connectivity index (χ2v) is 9.75. The summed E-state index contributed by atoms with van der Waals surface area (Å²) in [6.45, 7) is 1.80. The van der Waals surface area contributed by atoms with Gasteiger partial charge < -0.3 is 15.0 Å². The summed E-state index contributed by atoms with van der Waals surface area (Å²) in [5.41, 5.74) is -0.238. The van der Waals surface area contributed by atoms with Gasteiger partial charge in [-0.25, -0.2) is 15.0 Å². The lowest BCUT2D eigenvalue weighted by Crippen LogP contribution is -2.30. The molecule has 4 heterocycles. The lowest BCUT2D eigenvalue weighted by atomic mass is 9.93. The molecular weight excluding hydrogens is 483 g/mol. The van der Waals surface area contributed by atoms with Crippen LogP contribution in [-0.4, -0.2) is 56.9 Å². The third kappa shape index (κ3) is 4.68. The first-order valence-corrected chi connectivity index (χ1v) is 12.7. The SMILES string of the molecule is CO[C@H]1CC[C@H](Nc2cc(N3CCCC3)nc3cc(-c4nc5ccccc5nc4C(F)(F)F)nn23)CC1. The van der Waals surface area contributed by atoms with E-state index in [2.05, 4.69) is 25.3 Å². The highest BCUT2D eigenvalue weighted by Gasteiger charge is 2.38. The normalized spacial score (nSPS) is 20.7. The lowest BCUT2D eigenvalue weighted by Gasteiger charge is -2.29. The van der Waals surface area contributed by atoms with Gasteiger partial charge in [-0.2, -0.15) is 22.8 Å². The summed E-state index contributed by atoms with van der Waals surface area (Å²) in [5.74, 6) is 1.51. The zero-order valence-corrected chi connectivity index (χ0v) is 20.5. The van der Waals surface area contributed by atoms with Crippen molar-refractivity contribution in [2.45, 2.75) is 56.8 Å². The number of halogens is 3. The maximum Gasteiger partial charge on any atom is 0.435 e. The van der Waals surface area contributed by atoms with Crippen molar-refractivity contribution in [1.29, 1.82) is 0 Å². The highest BCUT2D eigenvalue weighted by molar-refractivity contribution is 5.79. The van der Waals surface area contributed by atoms with Gasteiger partial charge in [0.2, 0.25) is 0 Å². The van der Waals surface area contributed by atoms with E-state index in [1.807, 2.05) is 6.07 Å². The fourth-order valence-corrected chi connectivity index (χ4v) is 5.32. The Labute approximate surface area is 211 Å². The number of ether oxygens (including phenoxy) is 1. The third-order valence-corrected chi connectivity index (χ3v) is 7.28. The van der Waals surface area contributed by atoms with Crippen molar-refractivity contribution in [3.63, 3.8) is 0 Å². The number of para-hydroxylation sites is 2. The molecule has 0 radical (unpaired) electrons. The first-order chi connectivity index (χ1) is 17.9. The number of fused-ring (bicyclic) bond motifs is 2. The minimum Gasteiger partial charge on any atom is -0.381 e. The highest BCUT2D eigenvalue weighted by atomic mass is 19.4. The number of benzene rings is 1. The number of nitrogens with one attached hydrogen (secondary N) is 1. The van der Waals surface area contributed by atoms with E-state index in [0.29, 0.717) is 17.0 Å². The van der Waals surface area contributed by atoms with Crippen molar-refractivity contribution in [1.82, 2.24) is 24.6 Å². The molecule has 0 atom stereocenters. The third-order valence-electron chi connectivity index (χ3n) is 7.28. The van der Waals surface area contributed by atoms with Crippen molar-refractivity contribution >= 4 is 28.3 Å². The Morgan fingerprint density at radius 1 is 0.946 bits per heavy atom. The van der Waals surface area contributed by atoms with Gasteiger partial charge in [-0.1, -0.05) is 12.1 Å². The molecule has 11 heteroatoms. The number of alkyl halides is 3. The summed E-state index contributed by atoms with van der Waals surface area (Å²) < 4.78 is 49.3. The fourth-order valence-electron chi connectivity index (χ4n) is 5.32. The lowest BCUT2D eigenvalue weighted by molar-refractivity contribution is -0.140. The molecule has 3 aromatic heterocycles. The van der Waals surface area contributed by atoms with Crippen LogP contribution in [0.25, 0.3) is 28.1 Å². The monoisotopic (exact) mass is 511 g/mol. The number of rotatable bonds is 5. The summed E-state index contributed by atoms with van der Waals surface area (Å²) in [6.07, 6.45) is 1.52. The molecule has 1 aromatic carbocycles. The minimum atomic E-state index is -4.68. The summed E-state index contributed by atoms with van der Waals surface area (Å²) in [5, 5.41) is 8.17.